The fourth-order valence-corrected chi connectivity index (χ4v) is 2.15. The number of unbranched alkanes of at least 4 members (excludes halogenated alkanes) is 1. The van der Waals surface area contributed by atoms with Gasteiger partial charge in [0.05, 0.1) is 0 Å². The number of nitrogens with one attached hydrogen (secondary N) is 1. The number of aromatic hydroxyl groups is 1. The van der Waals surface area contributed by atoms with Crippen molar-refractivity contribution >= 4 is 5.91 Å². The summed E-state index contributed by atoms with van der Waals surface area (Å²) in [6, 6.07) is 5.23. The van der Waals surface area contributed by atoms with E-state index in [0.29, 0.717) is 5.56 Å². The van der Waals surface area contributed by atoms with E-state index in [2.05, 4.69) is 19.2 Å². The van der Waals surface area contributed by atoms with Crippen LogP contribution in [0, 0.1) is 6.92 Å². The molecule has 19 heavy (non-hydrogen) atoms. The van der Waals surface area contributed by atoms with E-state index in [1.165, 1.54) is 0 Å². The van der Waals surface area contributed by atoms with Crippen LogP contribution in [-0.4, -0.2) is 17.1 Å². The Morgan fingerprint density at radius 1 is 1.26 bits per heavy atom. The summed E-state index contributed by atoms with van der Waals surface area (Å²) < 4.78 is 0. The lowest BCUT2D eigenvalue weighted by Crippen LogP contribution is -2.34. The van der Waals surface area contributed by atoms with Gasteiger partial charge in [-0.1, -0.05) is 33.1 Å². The van der Waals surface area contributed by atoms with Crippen molar-refractivity contribution in [1.82, 2.24) is 5.32 Å². The monoisotopic (exact) mass is 263 g/mol. The predicted molar refractivity (Wildman–Crippen MR) is 78.5 cm³/mol. The summed E-state index contributed by atoms with van der Waals surface area (Å²) in [5, 5.41) is 12.6. The summed E-state index contributed by atoms with van der Waals surface area (Å²) >= 11 is 0. The lowest BCUT2D eigenvalue weighted by atomic mass is 10.0. The molecule has 1 rings (SSSR count). The molecule has 0 saturated heterocycles. The van der Waals surface area contributed by atoms with Crippen molar-refractivity contribution in [1.29, 1.82) is 0 Å². The predicted octanol–water partition coefficient (Wildman–Crippen LogP) is 3.79. The molecule has 0 aliphatic rings. The van der Waals surface area contributed by atoms with E-state index in [-0.39, 0.29) is 17.7 Å². The van der Waals surface area contributed by atoms with Crippen molar-refractivity contribution in [2.75, 3.05) is 0 Å². The molecule has 0 heterocycles. The maximum atomic E-state index is 12.2. The summed E-state index contributed by atoms with van der Waals surface area (Å²) in [4.78, 5) is 12.2. The van der Waals surface area contributed by atoms with Crippen molar-refractivity contribution in [2.24, 2.45) is 0 Å². The van der Waals surface area contributed by atoms with Gasteiger partial charge in [-0.05, 0) is 43.5 Å². The first-order valence-electron chi connectivity index (χ1n) is 7.19. The molecule has 0 bridgehead atoms. The molecule has 1 aromatic rings. The summed E-state index contributed by atoms with van der Waals surface area (Å²) in [5.41, 5.74) is 1.35. The Labute approximate surface area is 116 Å². The van der Waals surface area contributed by atoms with Gasteiger partial charge in [-0.3, -0.25) is 4.79 Å². The maximum Gasteiger partial charge on any atom is 0.251 e. The van der Waals surface area contributed by atoms with Crippen molar-refractivity contribution in [3.8, 4) is 5.75 Å². The minimum atomic E-state index is -0.0438. The maximum absolute atomic E-state index is 12.2. The highest BCUT2D eigenvalue weighted by molar-refractivity contribution is 5.94. The van der Waals surface area contributed by atoms with Crippen LogP contribution < -0.4 is 5.32 Å². The number of hydrogen-bond donors (Lipinski definition) is 2. The highest BCUT2D eigenvalue weighted by Crippen LogP contribution is 2.17. The van der Waals surface area contributed by atoms with E-state index in [4.69, 9.17) is 0 Å². The Morgan fingerprint density at radius 3 is 2.58 bits per heavy atom. The molecule has 0 aromatic heterocycles. The van der Waals surface area contributed by atoms with Crippen molar-refractivity contribution in [3.05, 3.63) is 29.3 Å². The van der Waals surface area contributed by atoms with Gasteiger partial charge in [0.1, 0.15) is 5.75 Å². The molecular weight excluding hydrogens is 238 g/mol. The van der Waals surface area contributed by atoms with E-state index < -0.39 is 0 Å². The Balaban J connectivity index is 2.66. The second-order valence-corrected chi connectivity index (χ2v) is 5.10. The quantitative estimate of drug-likeness (QED) is 0.786. The Bertz CT molecular complexity index is 415. The van der Waals surface area contributed by atoms with Crippen LogP contribution in [0.2, 0.25) is 0 Å². The molecule has 1 unspecified atom stereocenters. The zero-order valence-corrected chi connectivity index (χ0v) is 12.2. The van der Waals surface area contributed by atoms with Crippen molar-refractivity contribution in [3.63, 3.8) is 0 Å². The summed E-state index contributed by atoms with van der Waals surface area (Å²) in [6.07, 6.45) is 5.41. The first-order chi connectivity index (χ1) is 9.08. The van der Waals surface area contributed by atoms with Crippen LogP contribution in [0.4, 0.5) is 0 Å². The van der Waals surface area contributed by atoms with E-state index >= 15 is 0 Å². The largest absolute Gasteiger partial charge is 0.508 e. The van der Waals surface area contributed by atoms with Crippen LogP contribution >= 0.6 is 0 Å². The number of carbonyl (C=O) groups is 1. The molecule has 0 fully saturated rings. The topological polar surface area (TPSA) is 49.3 Å². The zero-order valence-electron chi connectivity index (χ0n) is 12.2. The van der Waals surface area contributed by atoms with Gasteiger partial charge in [0.25, 0.3) is 5.91 Å². The van der Waals surface area contributed by atoms with Crippen LogP contribution in [0.3, 0.4) is 0 Å². The lowest BCUT2D eigenvalue weighted by Gasteiger charge is -2.18. The average molecular weight is 263 g/mol. The van der Waals surface area contributed by atoms with Gasteiger partial charge in [0.2, 0.25) is 0 Å². The van der Waals surface area contributed by atoms with Crippen LogP contribution in [0.5, 0.6) is 5.75 Å². The minimum absolute atomic E-state index is 0.0438. The SMILES string of the molecule is CCCCC(CCC)NC(=O)c1ccc(O)c(C)c1. The lowest BCUT2D eigenvalue weighted by molar-refractivity contribution is 0.0932. The Morgan fingerprint density at radius 2 is 2.00 bits per heavy atom. The van der Waals surface area contributed by atoms with Crippen molar-refractivity contribution in [2.45, 2.75) is 58.9 Å². The van der Waals surface area contributed by atoms with E-state index in [1.54, 1.807) is 25.1 Å². The van der Waals surface area contributed by atoms with Crippen LogP contribution in [-0.2, 0) is 0 Å². The zero-order chi connectivity index (χ0) is 14.3. The number of hydrogen-bond acceptors (Lipinski definition) is 2. The van der Waals surface area contributed by atoms with Gasteiger partial charge >= 0.3 is 0 Å². The van der Waals surface area contributed by atoms with Gasteiger partial charge in [0, 0.05) is 11.6 Å². The van der Waals surface area contributed by atoms with Crippen LogP contribution in [0.1, 0.15) is 61.9 Å². The molecule has 0 spiro atoms. The molecule has 1 atom stereocenters. The third-order valence-corrected chi connectivity index (χ3v) is 3.34. The number of phenolic OH excluding ortho intramolecular Hbond substituents is 1. The van der Waals surface area contributed by atoms with Gasteiger partial charge in [-0.25, -0.2) is 0 Å². The van der Waals surface area contributed by atoms with Crippen LogP contribution in [0.25, 0.3) is 0 Å². The van der Waals surface area contributed by atoms with Gasteiger partial charge < -0.3 is 10.4 Å². The average Bonchev–Trinajstić information content (AvgIpc) is 2.39. The molecule has 3 nitrogen and oxygen atoms in total. The normalized spacial score (nSPS) is 12.2. The number of rotatable bonds is 7. The molecule has 0 radical (unpaired) electrons. The number of benzene rings is 1. The fraction of sp³-hybridized carbons (Fsp3) is 0.562. The molecule has 2 N–H and O–H groups in total. The van der Waals surface area contributed by atoms with E-state index in [0.717, 1.165) is 37.7 Å². The smallest absolute Gasteiger partial charge is 0.251 e. The van der Waals surface area contributed by atoms with Gasteiger partial charge in [-0.2, -0.15) is 0 Å². The summed E-state index contributed by atoms with van der Waals surface area (Å²) in [5.74, 6) is 0.185. The number of aryl methyl sites for hydroxylation is 1. The fourth-order valence-electron chi connectivity index (χ4n) is 2.15. The Kier molecular flexibility index (Phi) is 6.40. The molecular formula is C16H25NO2. The molecule has 0 saturated carbocycles. The first kappa shape index (κ1) is 15.5. The summed E-state index contributed by atoms with van der Waals surface area (Å²) in [7, 11) is 0. The molecule has 0 aliphatic heterocycles. The highest BCUT2D eigenvalue weighted by Gasteiger charge is 2.13. The van der Waals surface area contributed by atoms with E-state index in [9.17, 15) is 9.90 Å². The molecule has 106 valence electrons. The highest BCUT2D eigenvalue weighted by atomic mass is 16.3. The van der Waals surface area contributed by atoms with Crippen molar-refractivity contribution < 1.29 is 9.90 Å². The standard InChI is InChI=1S/C16H25NO2/c1-4-6-8-14(7-5-2)17-16(19)13-9-10-15(18)12(3)11-13/h9-11,14,18H,4-8H2,1-3H3,(H,17,19). The first-order valence-corrected chi connectivity index (χ1v) is 7.19. The molecule has 3 heteroatoms. The summed E-state index contributed by atoms with van der Waals surface area (Å²) in [6.45, 7) is 6.09. The Hall–Kier alpha value is -1.51. The van der Waals surface area contributed by atoms with E-state index in [1.807, 2.05) is 0 Å². The molecule has 1 aromatic carbocycles. The molecule has 0 aliphatic carbocycles. The number of amides is 1. The van der Waals surface area contributed by atoms with Crippen LogP contribution in [0.15, 0.2) is 18.2 Å². The minimum Gasteiger partial charge on any atom is -0.508 e. The number of phenols is 1. The second-order valence-electron chi connectivity index (χ2n) is 5.10. The van der Waals surface area contributed by atoms with Gasteiger partial charge in [0.15, 0.2) is 0 Å². The van der Waals surface area contributed by atoms with Gasteiger partial charge in [-0.15, -0.1) is 0 Å². The second kappa shape index (κ2) is 7.82. The third-order valence-electron chi connectivity index (χ3n) is 3.34. The molecule has 1 amide bonds. The number of carbonyl (C=O) groups excluding carboxylic acids is 1. The third kappa shape index (κ3) is 4.93.